The van der Waals surface area contributed by atoms with Crippen molar-refractivity contribution in [2.45, 2.75) is 25.8 Å². The number of nitrogens with zero attached hydrogens (tertiary/aromatic N) is 1. The number of ketones is 1. The number of thioether (sulfide) groups is 1. The van der Waals surface area contributed by atoms with E-state index >= 15 is 0 Å². The van der Waals surface area contributed by atoms with Crippen molar-refractivity contribution < 1.29 is 14.3 Å². The predicted molar refractivity (Wildman–Crippen MR) is 70.4 cm³/mol. The fraction of sp³-hybridized carbons (Fsp3) is 0.462. The van der Waals surface area contributed by atoms with Gasteiger partial charge in [-0.3, -0.25) is 9.59 Å². The van der Waals surface area contributed by atoms with Gasteiger partial charge in [0.15, 0.2) is 5.78 Å². The van der Waals surface area contributed by atoms with Crippen LogP contribution < -0.4 is 0 Å². The molecular weight excluding hydrogens is 250 g/mol. The van der Waals surface area contributed by atoms with E-state index in [4.69, 9.17) is 4.74 Å². The maximum Gasteiger partial charge on any atom is 0.319 e. The summed E-state index contributed by atoms with van der Waals surface area (Å²) in [5, 5.41) is 0.769. The van der Waals surface area contributed by atoms with E-state index in [0.717, 1.165) is 5.03 Å². The molecule has 0 unspecified atom stereocenters. The van der Waals surface area contributed by atoms with Crippen molar-refractivity contribution in [3.05, 3.63) is 24.4 Å². The molecule has 1 aromatic rings. The molecule has 0 saturated heterocycles. The largest absolute Gasteiger partial charge is 0.465 e. The van der Waals surface area contributed by atoms with Gasteiger partial charge in [0, 0.05) is 6.20 Å². The van der Waals surface area contributed by atoms with E-state index in [1.165, 1.54) is 11.8 Å². The Morgan fingerprint density at radius 1 is 1.39 bits per heavy atom. The molecule has 18 heavy (non-hydrogen) atoms. The Morgan fingerprint density at radius 3 is 2.67 bits per heavy atom. The fourth-order valence-corrected chi connectivity index (χ4v) is 2.13. The zero-order chi connectivity index (χ0) is 13.6. The summed E-state index contributed by atoms with van der Waals surface area (Å²) in [4.78, 5) is 27.8. The van der Waals surface area contributed by atoms with Crippen molar-refractivity contribution in [2.24, 2.45) is 5.41 Å². The van der Waals surface area contributed by atoms with Crippen LogP contribution in [0, 0.1) is 5.41 Å². The van der Waals surface area contributed by atoms with E-state index in [-0.39, 0.29) is 18.1 Å². The quantitative estimate of drug-likeness (QED) is 0.450. The van der Waals surface area contributed by atoms with Gasteiger partial charge in [-0.25, -0.2) is 4.98 Å². The predicted octanol–water partition coefficient (Wildman–Crippen LogP) is 2.33. The highest BCUT2D eigenvalue weighted by molar-refractivity contribution is 7.99. The second-order valence-electron chi connectivity index (χ2n) is 4.23. The minimum Gasteiger partial charge on any atom is -0.465 e. The molecule has 1 aromatic heterocycles. The number of carbonyl (C=O) groups excluding carboxylic acids is 2. The number of aromatic nitrogens is 1. The van der Waals surface area contributed by atoms with Crippen LogP contribution in [0.1, 0.15) is 20.8 Å². The van der Waals surface area contributed by atoms with Crippen molar-refractivity contribution in [2.75, 3.05) is 12.4 Å². The molecule has 0 N–H and O–H groups in total. The first kappa shape index (κ1) is 14.7. The van der Waals surface area contributed by atoms with E-state index in [2.05, 4.69) is 4.98 Å². The summed E-state index contributed by atoms with van der Waals surface area (Å²) in [6, 6.07) is 5.50. The van der Waals surface area contributed by atoms with Gasteiger partial charge in [0.2, 0.25) is 0 Å². The second kappa shape index (κ2) is 6.54. The average molecular weight is 267 g/mol. The highest BCUT2D eigenvalue weighted by Crippen LogP contribution is 2.23. The Morgan fingerprint density at radius 2 is 2.11 bits per heavy atom. The number of rotatable bonds is 6. The molecule has 0 amide bonds. The number of hydrogen-bond acceptors (Lipinski definition) is 5. The summed E-state index contributed by atoms with van der Waals surface area (Å²) in [7, 11) is 0. The van der Waals surface area contributed by atoms with Crippen LogP contribution in [-0.4, -0.2) is 29.1 Å². The van der Waals surface area contributed by atoms with Crippen LogP contribution >= 0.6 is 11.8 Å². The lowest BCUT2D eigenvalue weighted by molar-refractivity contribution is -0.157. The first-order valence-corrected chi connectivity index (χ1v) is 6.71. The second-order valence-corrected chi connectivity index (χ2v) is 5.22. The van der Waals surface area contributed by atoms with Crippen molar-refractivity contribution >= 4 is 23.5 Å². The van der Waals surface area contributed by atoms with Gasteiger partial charge < -0.3 is 4.74 Å². The third kappa shape index (κ3) is 3.84. The topological polar surface area (TPSA) is 56.3 Å². The smallest absolute Gasteiger partial charge is 0.319 e. The van der Waals surface area contributed by atoms with Gasteiger partial charge in [0.25, 0.3) is 0 Å². The maximum absolute atomic E-state index is 12.0. The van der Waals surface area contributed by atoms with Crippen molar-refractivity contribution in [1.82, 2.24) is 4.98 Å². The van der Waals surface area contributed by atoms with Gasteiger partial charge in [0.05, 0.1) is 17.4 Å². The van der Waals surface area contributed by atoms with Gasteiger partial charge in [-0.15, -0.1) is 0 Å². The maximum atomic E-state index is 12.0. The zero-order valence-corrected chi connectivity index (χ0v) is 11.6. The van der Waals surface area contributed by atoms with Crippen LogP contribution in [0.3, 0.4) is 0 Å². The molecule has 0 aliphatic carbocycles. The van der Waals surface area contributed by atoms with Crippen molar-refractivity contribution in [3.63, 3.8) is 0 Å². The summed E-state index contributed by atoms with van der Waals surface area (Å²) in [6.07, 6.45) is 1.67. The van der Waals surface area contributed by atoms with Gasteiger partial charge >= 0.3 is 5.97 Å². The zero-order valence-electron chi connectivity index (χ0n) is 10.8. The van der Waals surface area contributed by atoms with Gasteiger partial charge in [-0.2, -0.15) is 0 Å². The molecule has 98 valence electrons. The number of Topliss-reactive ketones (excluding diaryl/α,β-unsaturated/α-hetero) is 1. The summed E-state index contributed by atoms with van der Waals surface area (Å²) < 4.78 is 4.90. The molecule has 0 aliphatic heterocycles. The monoisotopic (exact) mass is 267 g/mol. The van der Waals surface area contributed by atoms with Gasteiger partial charge in [0.1, 0.15) is 5.41 Å². The molecule has 0 aliphatic rings. The molecular formula is C13H17NO3S. The molecule has 0 radical (unpaired) electrons. The Bertz CT molecular complexity index is 418. The fourth-order valence-electron chi connectivity index (χ4n) is 1.18. The van der Waals surface area contributed by atoms with Crippen molar-refractivity contribution in [3.8, 4) is 0 Å². The molecule has 0 aromatic carbocycles. The Balaban J connectivity index is 2.57. The van der Waals surface area contributed by atoms with Crippen LogP contribution in [-0.2, 0) is 14.3 Å². The van der Waals surface area contributed by atoms with E-state index in [1.54, 1.807) is 27.0 Å². The minimum atomic E-state index is -1.10. The molecule has 0 saturated carbocycles. The summed E-state index contributed by atoms with van der Waals surface area (Å²) in [5.74, 6) is -0.420. The first-order chi connectivity index (χ1) is 8.48. The van der Waals surface area contributed by atoms with Crippen LogP contribution in [0.2, 0.25) is 0 Å². The number of ether oxygens (including phenoxy) is 1. The van der Waals surface area contributed by atoms with E-state index in [1.807, 2.05) is 18.2 Å². The lowest BCUT2D eigenvalue weighted by Gasteiger charge is -2.20. The van der Waals surface area contributed by atoms with Crippen molar-refractivity contribution in [1.29, 1.82) is 0 Å². The third-order valence-electron chi connectivity index (χ3n) is 2.47. The third-order valence-corrected chi connectivity index (χ3v) is 3.42. The van der Waals surface area contributed by atoms with Crippen LogP contribution in [0.4, 0.5) is 0 Å². The average Bonchev–Trinajstić information content (AvgIpc) is 2.37. The molecule has 1 heterocycles. The Labute approximate surface area is 111 Å². The van der Waals surface area contributed by atoms with Crippen LogP contribution in [0.5, 0.6) is 0 Å². The number of pyridine rings is 1. The molecule has 0 spiro atoms. The highest BCUT2D eigenvalue weighted by atomic mass is 32.2. The Kier molecular flexibility index (Phi) is 5.34. The summed E-state index contributed by atoms with van der Waals surface area (Å²) in [5.41, 5.74) is -1.10. The number of esters is 1. The number of hydrogen-bond donors (Lipinski definition) is 0. The lowest BCUT2D eigenvalue weighted by atomic mass is 9.89. The Hall–Kier alpha value is -1.36. The van der Waals surface area contributed by atoms with Gasteiger partial charge in [-0.05, 0) is 32.9 Å². The molecule has 1 rings (SSSR count). The first-order valence-electron chi connectivity index (χ1n) is 5.72. The molecule has 5 heteroatoms. The number of carbonyl (C=O) groups is 2. The molecule has 0 bridgehead atoms. The van der Waals surface area contributed by atoms with E-state index in [9.17, 15) is 9.59 Å². The normalized spacial score (nSPS) is 11.1. The van der Waals surface area contributed by atoms with Gasteiger partial charge in [-0.1, -0.05) is 17.8 Å². The SMILES string of the molecule is CCOC(=O)C(C)(C)C(=O)CSc1ccccn1. The van der Waals surface area contributed by atoms with E-state index < -0.39 is 11.4 Å². The summed E-state index contributed by atoms with van der Waals surface area (Å²) >= 11 is 1.32. The standard InChI is InChI=1S/C13H17NO3S/c1-4-17-12(16)13(2,3)10(15)9-18-11-7-5-6-8-14-11/h5-8H,4,9H2,1-3H3. The van der Waals surface area contributed by atoms with E-state index in [0.29, 0.717) is 0 Å². The van der Waals surface area contributed by atoms with Crippen LogP contribution in [0.15, 0.2) is 29.4 Å². The molecule has 0 atom stereocenters. The minimum absolute atomic E-state index is 0.156. The summed E-state index contributed by atoms with van der Waals surface area (Å²) in [6.45, 7) is 5.18. The van der Waals surface area contributed by atoms with Crippen LogP contribution in [0.25, 0.3) is 0 Å². The molecule has 0 fully saturated rings. The molecule has 4 nitrogen and oxygen atoms in total. The lowest BCUT2D eigenvalue weighted by Crippen LogP contribution is -2.36. The highest BCUT2D eigenvalue weighted by Gasteiger charge is 2.36.